The maximum Gasteiger partial charge on any atom is 0.244 e. The van der Waals surface area contributed by atoms with Gasteiger partial charge in [-0.05, 0) is 69.6 Å². The molecule has 0 unspecified atom stereocenters. The molecule has 0 radical (unpaired) electrons. The van der Waals surface area contributed by atoms with Gasteiger partial charge < -0.3 is 9.84 Å². The Morgan fingerprint density at radius 3 is 2.75 bits per heavy atom. The van der Waals surface area contributed by atoms with Crippen LogP contribution < -0.4 is 10.2 Å². The zero-order valence-corrected chi connectivity index (χ0v) is 18.8. The number of halogens is 2. The van der Waals surface area contributed by atoms with E-state index in [1.54, 1.807) is 12.1 Å². The second kappa shape index (κ2) is 9.38. The SMILES string of the molecule is CCOc1cc(/C=N/NC(=O)Cc2ccc(Br)c3ccccc23)cc(I)c1O. The molecule has 0 atom stereocenters. The number of phenols is 1. The maximum atomic E-state index is 12.3. The topological polar surface area (TPSA) is 70.9 Å². The molecule has 3 aromatic carbocycles. The Morgan fingerprint density at radius 1 is 1.25 bits per heavy atom. The van der Waals surface area contributed by atoms with Gasteiger partial charge in [0.25, 0.3) is 0 Å². The van der Waals surface area contributed by atoms with E-state index in [1.807, 2.05) is 65.9 Å². The highest BCUT2D eigenvalue weighted by molar-refractivity contribution is 14.1. The Hall–Kier alpha value is -2.13. The summed E-state index contributed by atoms with van der Waals surface area (Å²) in [6.07, 6.45) is 1.75. The van der Waals surface area contributed by atoms with Gasteiger partial charge in [0, 0.05) is 4.47 Å². The number of hydrogen-bond donors (Lipinski definition) is 2. The molecule has 1 amide bonds. The average Bonchev–Trinajstić information content (AvgIpc) is 2.68. The van der Waals surface area contributed by atoms with Crippen LogP contribution in [-0.4, -0.2) is 23.8 Å². The van der Waals surface area contributed by atoms with Gasteiger partial charge in [-0.2, -0.15) is 5.10 Å². The number of fused-ring (bicyclic) bond motifs is 1. The number of ether oxygens (including phenoxy) is 1. The van der Waals surface area contributed by atoms with E-state index in [1.165, 1.54) is 6.21 Å². The molecule has 0 spiro atoms. The molecule has 5 nitrogen and oxygen atoms in total. The Kier molecular flexibility index (Phi) is 6.90. The van der Waals surface area contributed by atoms with Gasteiger partial charge in [0.15, 0.2) is 11.5 Å². The van der Waals surface area contributed by atoms with E-state index in [4.69, 9.17) is 4.74 Å². The van der Waals surface area contributed by atoms with Crippen LogP contribution in [0.2, 0.25) is 0 Å². The molecule has 0 saturated carbocycles. The fourth-order valence-corrected chi connectivity index (χ4v) is 3.91. The molecule has 0 aliphatic heterocycles. The van der Waals surface area contributed by atoms with Crippen LogP contribution in [0.3, 0.4) is 0 Å². The van der Waals surface area contributed by atoms with E-state index < -0.39 is 0 Å². The number of hydrazone groups is 1. The fraction of sp³-hybridized carbons (Fsp3) is 0.143. The van der Waals surface area contributed by atoms with Gasteiger partial charge in [0.2, 0.25) is 5.91 Å². The summed E-state index contributed by atoms with van der Waals surface area (Å²) in [6, 6.07) is 15.3. The monoisotopic (exact) mass is 552 g/mol. The van der Waals surface area contributed by atoms with Gasteiger partial charge in [0.1, 0.15) is 0 Å². The molecule has 28 heavy (non-hydrogen) atoms. The molecule has 0 aliphatic carbocycles. The second-order valence-electron chi connectivity index (χ2n) is 6.00. The number of phenolic OH excluding ortho intramolecular Hbond substituents is 1. The maximum absolute atomic E-state index is 12.3. The summed E-state index contributed by atoms with van der Waals surface area (Å²) in [5.74, 6) is 0.288. The van der Waals surface area contributed by atoms with Crippen molar-refractivity contribution in [2.45, 2.75) is 13.3 Å². The highest BCUT2D eigenvalue weighted by Crippen LogP contribution is 2.32. The molecule has 7 heteroatoms. The summed E-state index contributed by atoms with van der Waals surface area (Å²) in [5, 5.41) is 16.1. The van der Waals surface area contributed by atoms with Crippen LogP contribution in [0.4, 0.5) is 0 Å². The van der Waals surface area contributed by atoms with E-state index in [-0.39, 0.29) is 18.1 Å². The van der Waals surface area contributed by atoms with Gasteiger partial charge >= 0.3 is 0 Å². The molecule has 0 aromatic heterocycles. The van der Waals surface area contributed by atoms with Crippen molar-refractivity contribution in [3.8, 4) is 11.5 Å². The summed E-state index contributed by atoms with van der Waals surface area (Å²) in [7, 11) is 0. The number of nitrogens with one attached hydrogen (secondary N) is 1. The largest absolute Gasteiger partial charge is 0.504 e. The van der Waals surface area contributed by atoms with E-state index in [0.29, 0.717) is 15.9 Å². The summed E-state index contributed by atoms with van der Waals surface area (Å²) in [6.45, 7) is 2.29. The van der Waals surface area contributed by atoms with Crippen LogP contribution in [0, 0.1) is 3.57 Å². The Balaban J connectivity index is 1.71. The molecule has 0 fully saturated rings. The van der Waals surface area contributed by atoms with Gasteiger partial charge in [0.05, 0.1) is 22.8 Å². The predicted molar refractivity (Wildman–Crippen MR) is 123 cm³/mol. The molecule has 144 valence electrons. The first-order chi connectivity index (χ1) is 13.5. The highest BCUT2D eigenvalue weighted by Gasteiger charge is 2.10. The number of hydrogen-bond acceptors (Lipinski definition) is 4. The summed E-state index contributed by atoms with van der Waals surface area (Å²) < 4.78 is 7.06. The Labute approximate surface area is 185 Å². The van der Waals surface area contributed by atoms with Crippen molar-refractivity contribution in [3.63, 3.8) is 0 Å². The minimum Gasteiger partial charge on any atom is -0.504 e. The third-order valence-corrected chi connectivity index (χ3v) is 5.58. The van der Waals surface area contributed by atoms with Gasteiger partial charge in [-0.25, -0.2) is 5.43 Å². The number of carbonyl (C=O) groups excluding carboxylic acids is 1. The van der Waals surface area contributed by atoms with Crippen molar-refractivity contribution >= 4 is 61.4 Å². The molecule has 3 rings (SSSR count). The lowest BCUT2D eigenvalue weighted by Crippen LogP contribution is -2.20. The van der Waals surface area contributed by atoms with E-state index >= 15 is 0 Å². The number of benzene rings is 3. The zero-order valence-electron chi connectivity index (χ0n) is 15.1. The van der Waals surface area contributed by atoms with Crippen molar-refractivity contribution in [3.05, 3.63) is 67.7 Å². The summed E-state index contributed by atoms with van der Waals surface area (Å²) in [5.41, 5.74) is 4.21. The lowest BCUT2D eigenvalue weighted by atomic mass is 10.0. The van der Waals surface area contributed by atoms with E-state index in [9.17, 15) is 9.90 Å². The fourth-order valence-electron chi connectivity index (χ4n) is 2.80. The van der Waals surface area contributed by atoms with Gasteiger partial charge in [-0.1, -0.05) is 46.3 Å². The van der Waals surface area contributed by atoms with Crippen molar-refractivity contribution < 1.29 is 14.6 Å². The van der Waals surface area contributed by atoms with Crippen LogP contribution >= 0.6 is 38.5 Å². The lowest BCUT2D eigenvalue weighted by molar-refractivity contribution is -0.120. The zero-order chi connectivity index (χ0) is 20.1. The first-order valence-corrected chi connectivity index (χ1v) is 10.5. The minimum absolute atomic E-state index is 0.103. The van der Waals surface area contributed by atoms with Crippen molar-refractivity contribution in [1.29, 1.82) is 0 Å². The van der Waals surface area contributed by atoms with Crippen LogP contribution in [0.15, 0.2) is 58.1 Å². The molecular weight excluding hydrogens is 535 g/mol. The number of rotatable bonds is 6. The molecule has 0 aliphatic rings. The molecule has 2 N–H and O–H groups in total. The molecule has 3 aromatic rings. The van der Waals surface area contributed by atoms with Crippen LogP contribution in [-0.2, 0) is 11.2 Å². The van der Waals surface area contributed by atoms with Crippen molar-refractivity contribution in [2.24, 2.45) is 5.10 Å². The molecular formula is C21H18BrIN2O3. The molecule has 0 bridgehead atoms. The first kappa shape index (κ1) is 20.6. The second-order valence-corrected chi connectivity index (χ2v) is 8.02. The van der Waals surface area contributed by atoms with Crippen molar-refractivity contribution in [2.75, 3.05) is 6.61 Å². The van der Waals surface area contributed by atoms with Crippen LogP contribution in [0.1, 0.15) is 18.1 Å². The molecule has 0 saturated heterocycles. The smallest absolute Gasteiger partial charge is 0.244 e. The average molecular weight is 553 g/mol. The number of aromatic hydroxyl groups is 1. The standard InChI is InChI=1S/C21H18BrIN2O3/c1-2-28-19-10-13(9-18(23)21(19)27)12-24-25-20(26)11-14-7-8-17(22)16-6-4-3-5-15(14)16/h3-10,12,27H,2,11H2,1H3,(H,25,26)/b24-12+. The quantitative estimate of drug-likeness (QED) is 0.257. The first-order valence-electron chi connectivity index (χ1n) is 8.63. The lowest BCUT2D eigenvalue weighted by Gasteiger charge is -2.09. The molecule has 0 heterocycles. The van der Waals surface area contributed by atoms with Gasteiger partial charge in [-0.15, -0.1) is 0 Å². The summed E-state index contributed by atoms with van der Waals surface area (Å²) in [4.78, 5) is 12.3. The van der Waals surface area contributed by atoms with Crippen molar-refractivity contribution in [1.82, 2.24) is 5.43 Å². The predicted octanol–water partition coefficient (Wildman–Crippen LogP) is 5.00. The normalized spacial score (nSPS) is 11.1. The number of nitrogens with zero attached hydrogens (tertiary/aromatic N) is 1. The third-order valence-electron chi connectivity index (χ3n) is 4.07. The number of amides is 1. The van der Waals surface area contributed by atoms with Crippen LogP contribution in [0.25, 0.3) is 10.8 Å². The van der Waals surface area contributed by atoms with Gasteiger partial charge in [-0.3, -0.25) is 4.79 Å². The van der Waals surface area contributed by atoms with E-state index in [0.717, 1.165) is 26.4 Å². The minimum atomic E-state index is -0.206. The highest BCUT2D eigenvalue weighted by atomic mass is 127. The van der Waals surface area contributed by atoms with E-state index in [2.05, 4.69) is 26.5 Å². The number of carbonyl (C=O) groups is 1. The van der Waals surface area contributed by atoms with Crippen LogP contribution in [0.5, 0.6) is 11.5 Å². The third kappa shape index (κ3) is 4.82. The summed E-state index contributed by atoms with van der Waals surface area (Å²) >= 11 is 5.56. The Morgan fingerprint density at radius 2 is 2.00 bits per heavy atom. The Bertz CT molecular complexity index is 1050.